The zero-order chi connectivity index (χ0) is 37.5. The van der Waals surface area contributed by atoms with Crippen LogP contribution in [0.4, 0.5) is 0 Å². The first-order valence-electron chi connectivity index (χ1n) is 13.4. The van der Waals surface area contributed by atoms with Crippen molar-refractivity contribution in [1.82, 2.24) is 14.9 Å². The number of phosphoric ester groups is 2. The Hall–Kier alpha value is -0.580. The first-order valence-corrected chi connectivity index (χ1v) is 22.4. The van der Waals surface area contributed by atoms with Gasteiger partial charge in [-0.2, -0.15) is 21.6 Å². The molecule has 1 saturated heterocycles. The average molecular weight is 835 g/mol. The van der Waals surface area contributed by atoms with E-state index in [-0.39, 0.29) is 18.4 Å². The lowest BCUT2D eigenvalue weighted by atomic mass is 10.2. The van der Waals surface area contributed by atoms with E-state index in [9.17, 15) is 71.4 Å². The van der Waals surface area contributed by atoms with Gasteiger partial charge in [-0.05, 0) is 33.4 Å². The van der Waals surface area contributed by atoms with Crippen molar-refractivity contribution in [1.29, 1.82) is 0 Å². The number of phosphoric acid groups is 6. The van der Waals surface area contributed by atoms with Crippen LogP contribution >= 0.6 is 46.9 Å². The summed E-state index contributed by atoms with van der Waals surface area (Å²) in [6, 6.07) is 0. The van der Waals surface area contributed by atoms with Crippen molar-refractivity contribution in [2.45, 2.75) is 57.5 Å². The van der Waals surface area contributed by atoms with Gasteiger partial charge in [-0.3, -0.25) is 23.4 Å². The van der Waals surface area contributed by atoms with Gasteiger partial charge in [-0.1, -0.05) is 12.8 Å². The van der Waals surface area contributed by atoms with Crippen LogP contribution in [0.2, 0.25) is 0 Å². The van der Waals surface area contributed by atoms with Crippen LogP contribution in [0.5, 0.6) is 0 Å². The van der Waals surface area contributed by atoms with E-state index in [2.05, 4.69) is 35.9 Å². The van der Waals surface area contributed by atoms with Crippen LogP contribution in [0.25, 0.3) is 0 Å². The molecule has 0 aliphatic carbocycles. The van der Waals surface area contributed by atoms with E-state index in [1.165, 1.54) is 6.92 Å². The summed E-state index contributed by atoms with van der Waals surface area (Å²) in [4.78, 5) is 83.3. The number of aliphatic hydroxyl groups excluding tert-OH is 1. The first kappa shape index (κ1) is 44.6. The van der Waals surface area contributed by atoms with Crippen molar-refractivity contribution >= 4 is 46.9 Å². The largest absolute Gasteiger partial charge is 0.490 e. The number of rotatable bonds is 22. The number of nitrogens with one attached hydrogen (secondary N) is 2. The first-order chi connectivity index (χ1) is 22.3. The van der Waals surface area contributed by atoms with Gasteiger partial charge in [0.15, 0.2) is 0 Å². The van der Waals surface area contributed by atoms with Crippen LogP contribution in [-0.2, 0) is 62.7 Å². The number of ether oxygens (including phenoxy) is 1. The summed E-state index contributed by atoms with van der Waals surface area (Å²) in [6.45, 7) is 0.506. The molecular weight excluding hydrogens is 800 g/mol. The monoisotopic (exact) mass is 835 g/mol. The SMILES string of the molecule is CNCCCCCCOP(=O)(O)OP(=O)(O)OP(=O)(O)OP(=O)(O)OP(=O)(O)OP(=O)(O)OCC1OC(n2cc(C)c(=O)[nH]c2=O)CC1O. The maximum absolute atomic E-state index is 12.2. The molecule has 0 aromatic carbocycles. The number of hydrogen-bond donors (Lipinski definition) is 9. The van der Waals surface area contributed by atoms with Crippen LogP contribution in [0.3, 0.4) is 0 Å². The molecule has 1 aromatic heterocycles. The lowest BCUT2D eigenvalue weighted by molar-refractivity contribution is -0.0450. The second-order valence-corrected chi connectivity index (χ2v) is 19.2. The smallest absolute Gasteiger partial charge is 0.390 e. The van der Waals surface area contributed by atoms with Gasteiger partial charge >= 0.3 is 52.6 Å². The Morgan fingerprint density at radius 1 is 0.796 bits per heavy atom. The number of aliphatic hydroxyl groups is 1. The van der Waals surface area contributed by atoms with Crippen LogP contribution < -0.4 is 16.6 Å². The van der Waals surface area contributed by atoms with E-state index in [1.54, 1.807) is 7.05 Å². The molecule has 1 aliphatic heterocycles. The fourth-order valence-electron chi connectivity index (χ4n) is 3.70. The van der Waals surface area contributed by atoms with Crippen molar-refractivity contribution in [3.05, 3.63) is 32.6 Å². The topological polar surface area (TPSA) is 385 Å². The van der Waals surface area contributed by atoms with E-state index < -0.39 is 89.8 Å². The Morgan fingerprint density at radius 2 is 1.27 bits per heavy atom. The van der Waals surface area contributed by atoms with E-state index in [0.29, 0.717) is 19.4 Å². The molecule has 1 aromatic rings. The zero-order valence-corrected chi connectivity index (χ0v) is 30.6. The summed E-state index contributed by atoms with van der Waals surface area (Å²) in [5.41, 5.74) is -1.53. The lowest BCUT2D eigenvalue weighted by Crippen LogP contribution is -2.33. The van der Waals surface area contributed by atoms with Crippen molar-refractivity contribution < 1.29 is 97.2 Å². The number of aryl methyl sites for hydroxylation is 1. The Labute approximate surface area is 275 Å². The summed E-state index contributed by atoms with van der Waals surface area (Å²) >= 11 is 0. The molecule has 32 heteroatoms. The summed E-state index contributed by atoms with van der Waals surface area (Å²) in [5, 5.41) is 13.1. The molecule has 0 radical (unpaired) electrons. The number of aromatic amines is 1. The minimum Gasteiger partial charge on any atom is -0.390 e. The molecule has 1 fully saturated rings. The molecule has 0 spiro atoms. The van der Waals surface area contributed by atoms with Gasteiger partial charge in [-0.25, -0.2) is 32.2 Å². The fraction of sp³-hybridized carbons (Fsp3) is 0.765. The normalized spacial score (nSPS) is 25.7. The minimum atomic E-state index is -6.44. The standard InChI is InChI=1S/C17H35N3O23P6/c1-12-10-20(17(23)19-16(12)22)15-9-13(21)14(38-15)11-37-45(26,27)40-47(30,31)42-49(34,35)43-48(32,33)41-46(28,29)39-44(24,25)36-8-6-4-3-5-7-18-2/h10,13-15,18,21H,3-9,11H2,1-2H3,(H,24,25)(H,26,27)(H,28,29)(H,30,31)(H,32,33)(H,34,35)(H,19,22,23). The van der Waals surface area contributed by atoms with Crippen LogP contribution in [-0.4, -0.2) is 83.0 Å². The van der Waals surface area contributed by atoms with Crippen LogP contribution in [0, 0.1) is 6.92 Å². The molecule has 286 valence electrons. The Bertz CT molecular complexity index is 1700. The molecule has 9 atom stereocenters. The fourth-order valence-corrected chi connectivity index (χ4v) is 11.5. The third-order valence-electron chi connectivity index (χ3n) is 5.67. The Balaban J connectivity index is 1.92. The average Bonchev–Trinajstić information content (AvgIpc) is 3.25. The highest BCUT2D eigenvalue weighted by atomic mass is 31.3. The number of hydrogen-bond acceptors (Lipinski definition) is 18. The maximum atomic E-state index is 12.2. The number of unbranched alkanes of at least 4 members (excludes halogenated alkanes) is 3. The highest BCUT2D eigenvalue weighted by molar-refractivity contribution is 7.72. The van der Waals surface area contributed by atoms with Gasteiger partial charge in [0.1, 0.15) is 12.3 Å². The molecule has 9 unspecified atom stereocenters. The summed E-state index contributed by atoms with van der Waals surface area (Å²) < 4.78 is 106. The number of nitrogens with zero attached hydrogens (tertiary/aromatic N) is 1. The second-order valence-electron chi connectivity index (χ2n) is 9.78. The molecule has 0 saturated carbocycles. The molecule has 2 rings (SSSR count). The molecule has 9 N–H and O–H groups in total. The van der Waals surface area contributed by atoms with Crippen molar-refractivity contribution in [2.75, 3.05) is 26.8 Å². The highest BCUT2D eigenvalue weighted by Gasteiger charge is 2.50. The predicted molar refractivity (Wildman–Crippen MR) is 159 cm³/mol. The summed E-state index contributed by atoms with van der Waals surface area (Å²) in [5.74, 6) is 0. The predicted octanol–water partition coefficient (Wildman–Crippen LogP) is 0.992. The van der Waals surface area contributed by atoms with Gasteiger partial charge in [0, 0.05) is 18.2 Å². The van der Waals surface area contributed by atoms with E-state index in [4.69, 9.17) is 4.74 Å². The zero-order valence-electron chi connectivity index (χ0n) is 25.3. The summed E-state index contributed by atoms with van der Waals surface area (Å²) in [6.07, 6.45) is -1.24. The van der Waals surface area contributed by atoms with Crippen LogP contribution in [0.15, 0.2) is 15.8 Å². The van der Waals surface area contributed by atoms with Crippen molar-refractivity contribution in [2.24, 2.45) is 0 Å². The Morgan fingerprint density at radius 3 is 1.78 bits per heavy atom. The molecule has 1 aliphatic rings. The van der Waals surface area contributed by atoms with Gasteiger partial charge in [0.25, 0.3) is 5.56 Å². The van der Waals surface area contributed by atoms with Gasteiger partial charge < -0.3 is 44.5 Å². The van der Waals surface area contributed by atoms with E-state index >= 15 is 0 Å². The number of H-pyrrole nitrogens is 1. The molecule has 2 heterocycles. The van der Waals surface area contributed by atoms with E-state index in [1.807, 2.05) is 4.98 Å². The van der Waals surface area contributed by atoms with Crippen molar-refractivity contribution in [3.63, 3.8) is 0 Å². The molecule has 0 amide bonds. The van der Waals surface area contributed by atoms with Gasteiger partial charge in [0.05, 0.1) is 19.3 Å². The molecule has 26 nitrogen and oxygen atoms in total. The lowest BCUT2D eigenvalue weighted by Gasteiger charge is -2.21. The molecular formula is C17H35N3O23P6. The minimum absolute atomic E-state index is 0.0931. The van der Waals surface area contributed by atoms with Gasteiger partial charge in [-0.15, -0.1) is 0 Å². The third kappa shape index (κ3) is 16.3. The van der Waals surface area contributed by atoms with Crippen molar-refractivity contribution in [3.8, 4) is 0 Å². The van der Waals surface area contributed by atoms with Gasteiger partial charge in [0.2, 0.25) is 0 Å². The van der Waals surface area contributed by atoms with Crippen LogP contribution in [0.1, 0.15) is 43.9 Å². The molecule has 49 heavy (non-hydrogen) atoms. The molecule has 0 bridgehead atoms. The maximum Gasteiger partial charge on any atom is 0.490 e. The second kappa shape index (κ2) is 18.0. The Kier molecular flexibility index (Phi) is 16.3. The number of aromatic nitrogens is 2. The highest BCUT2D eigenvalue weighted by Crippen LogP contribution is 2.75. The third-order valence-corrected chi connectivity index (χ3v) is 14.9. The summed E-state index contributed by atoms with van der Waals surface area (Å²) in [7, 11) is -34.8. The quantitative estimate of drug-likeness (QED) is 0.0581. The van der Waals surface area contributed by atoms with E-state index in [0.717, 1.165) is 17.2 Å².